The van der Waals surface area contributed by atoms with Gasteiger partial charge in [0.15, 0.2) is 36.3 Å². The molecular formula is C20H23F2N4O7P. The second-order valence-corrected chi connectivity index (χ2v) is 9.09. The second-order valence-electron chi connectivity index (χ2n) is 7.05. The predicted molar refractivity (Wildman–Crippen MR) is 116 cm³/mol. The Bertz CT molecular complexity index is 1160. The van der Waals surface area contributed by atoms with E-state index in [2.05, 4.69) is 10.1 Å². The van der Waals surface area contributed by atoms with Crippen LogP contribution in [0.4, 0.5) is 14.6 Å². The van der Waals surface area contributed by atoms with Crippen molar-refractivity contribution in [3.8, 4) is 5.75 Å². The quantitative estimate of drug-likeness (QED) is 0.369. The lowest BCUT2D eigenvalue weighted by atomic mass is 10.3. The summed E-state index contributed by atoms with van der Waals surface area (Å²) in [6.45, 7) is 3.17. The van der Waals surface area contributed by atoms with Gasteiger partial charge in [-0.1, -0.05) is 18.2 Å². The highest BCUT2D eigenvalue weighted by atomic mass is 31.2. The summed E-state index contributed by atoms with van der Waals surface area (Å²) in [6, 6.07) is 7.08. The number of nitrogens with two attached hydrogens (primary N) is 1. The van der Waals surface area contributed by atoms with Crippen LogP contribution in [0, 0.1) is 5.82 Å². The van der Waals surface area contributed by atoms with Gasteiger partial charge in [-0.15, -0.1) is 0 Å². The number of hydrogen-bond donors (Lipinski definition) is 2. The minimum absolute atomic E-state index is 0.118. The molecule has 0 saturated carbocycles. The lowest BCUT2D eigenvalue weighted by molar-refractivity contribution is -0.144. The Morgan fingerprint density at radius 1 is 1.35 bits per heavy atom. The highest BCUT2D eigenvalue weighted by Crippen LogP contribution is 2.44. The van der Waals surface area contributed by atoms with Gasteiger partial charge in [0.25, 0.3) is 0 Å². The Kier molecular flexibility index (Phi) is 8.15. The van der Waals surface area contributed by atoms with E-state index < -0.39 is 61.5 Å². The Morgan fingerprint density at radius 3 is 2.74 bits per heavy atom. The van der Waals surface area contributed by atoms with Crippen LogP contribution in [-0.4, -0.2) is 40.8 Å². The van der Waals surface area contributed by atoms with Crippen molar-refractivity contribution in [2.45, 2.75) is 32.4 Å². The van der Waals surface area contributed by atoms with Crippen LogP contribution >= 0.6 is 7.52 Å². The third kappa shape index (κ3) is 6.26. The Hall–Kier alpha value is -3.12. The molecule has 0 saturated heterocycles. The Morgan fingerprint density at radius 2 is 2.06 bits per heavy atom. The predicted octanol–water partition coefficient (Wildman–Crippen LogP) is 2.46. The first-order valence-corrected chi connectivity index (χ1v) is 11.9. The lowest BCUT2D eigenvalue weighted by Crippen LogP contribution is -2.36. The maximum Gasteiger partial charge on any atom is 0.352 e. The van der Waals surface area contributed by atoms with E-state index in [9.17, 15) is 22.9 Å². The number of carbonyl (C=O) groups excluding carboxylic acids is 1. The van der Waals surface area contributed by atoms with Crippen molar-refractivity contribution >= 4 is 19.3 Å². The van der Waals surface area contributed by atoms with E-state index in [1.807, 2.05) is 0 Å². The minimum Gasteiger partial charge on any atom is -0.465 e. The van der Waals surface area contributed by atoms with Crippen LogP contribution in [0.25, 0.3) is 0 Å². The average Bonchev–Trinajstić information content (AvgIpc) is 3.16. The molecule has 1 aliphatic heterocycles. The first-order chi connectivity index (χ1) is 16.1. The summed E-state index contributed by atoms with van der Waals surface area (Å²) < 4.78 is 63.3. The van der Waals surface area contributed by atoms with Crippen molar-refractivity contribution < 1.29 is 36.9 Å². The number of halogens is 2. The molecule has 11 nitrogen and oxygen atoms in total. The number of hydrogen-bond acceptors (Lipinski definition) is 9. The number of esters is 1. The molecule has 0 amide bonds. The van der Waals surface area contributed by atoms with E-state index in [-0.39, 0.29) is 12.4 Å². The Labute approximate surface area is 193 Å². The zero-order valence-electron chi connectivity index (χ0n) is 18.2. The van der Waals surface area contributed by atoms with E-state index in [0.29, 0.717) is 10.8 Å². The molecule has 4 atom stereocenters. The highest BCUT2D eigenvalue weighted by Gasteiger charge is 2.36. The summed E-state index contributed by atoms with van der Waals surface area (Å²) in [5.74, 6) is -3.10. The van der Waals surface area contributed by atoms with Crippen LogP contribution in [-0.2, 0) is 23.6 Å². The van der Waals surface area contributed by atoms with Gasteiger partial charge in [0, 0.05) is 6.08 Å². The SMILES string of the molecule is CCOC(=O)[C@H](C)NP(=O)(CO[C@@H]1C=C(F)[C@H](n2cc(F)c(N)nc2=O)O1)Oc1ccccc1. The standard InChI is InChI=1S/C20H23F2N4O7P/c1-3-30-19(27)12(2)25-34(29,33-13-7-5-4-6-8-13)11-31-16-9-14(21)18(32-16)26-10-15(22)17(23)24-20(26)28/h4-10,12,16,18H,3,11H2,1-2H3,(H,25,29)(H2,23,24,28)/t12-,16-,18+,34?/m0/s1. The molecule has 0 aliphatic carbocycles. The number of para-hydroxylation sites is 1. The molecule has 1 aliphatic rings. The average molecular weight is 500 g/mol. The molecule has 1 unspecified atom stereocenters. The summed E-state index contributed by atoms with van der Waals surface area (Å²) in [6.07, 6.45) is -2.22. The summed E-state index contributed by atoms with van der Waals surface area (Å²) in [5.41, 5.74) is 4.19. The van der Waals surface area contributed by atoms with Crippen molar-refractivity contribution in [3.05, 3.63) is 64.7 Å². The fourth-order valence-electron chi connectivity index (χ4n) is 2.88. The molecule has 2 heterocycles. The maximum atomic E-state index is 14.4. The fourth-order valence-corrected chi connectivity index (χ4v) is 4.56. The first-order valence-electron chi connectivity index (χ1n) is 10.1. The lowest BCUT2D eigenvalue weighted by Gasteiger charge is -2.24. The number of nitrogen functional groups attached to an aromatic ring is 1. The van der Waals surface area contributed by atoms with Crippen molar-refractivity contribution in [1.82, 2.24) is 14.6 Å². The van der Waals surface area contributed by atoms with Crippen LogP contribution in [0.15, 0.2) is 53.2 Å². The van der Waals surface area contributed by atoms with Crippen molar-refractivity contribution in [2.24, 2.45) is 0 Å². The molecule has 0 bridgehead atoms. The van der Waals surface area contributed by atoms with Gasteiger partial charge in [-0.3, -0.25) is 13.9 Å². The zero-order chi connectivity index (χ0) is 24.9. The number of rotatable bonds is 10. The van der Waals surface area contributed by atoms with Crippen LogP contribution < -0.4 is 21.0 Å². The van der Waals surface area contributed by atoms with E-state index in [0.717, 1.165) is 6.08 Å². The highest BCUT2D eigenvalue weighted by molar-refractivity contribution is 7.57. The van der Waals surface area contributed by atoms with Crippen LogP contribution in [0.2, 0.25) is 0 Å². The minimum atomic E-state index is -3.92. The zero-order valence-corrected chi connectivity index (χ0v) is 19.1. The maximum absolute atomic E-state index is 14.4. The number of benzene rings is 1. The molecule has 14 heteroatoms. The monoisotopic (exact) mass is 500 g/mol. The van der Waals surface area contributed by atoms with E-state index in [1.54, 1.807) is 37.3 Å². The van der Waals surface area contributed by atoms with Gasteiger partial charge < -0.3 is 24.5 Å². The first kappa shape index (κ1) is 25.5. The molecule has 2 aromatic rings. The van der Waals surface area contributed by atoms with Gasteiger partial charge in [0.2, 0.25) is 0 Å². The largest absolute Gasteiger partial charge is 0.465 e. The van der Waals surface area contributed by atoms with Crippen LogP contribution in [0.3, 0.4) is 0 Å². The number of aromatic nitrogens is 2. The molecule has 34 heavy (non-hydrogen) atoms. The van der Waals surface area contributed by atoms with Gasteiger partial charge in [-0.2, -0.15) is 4.98 Å². The van der Waals surface area contributed by atoms with Crippen LogP contribution in [0.1, 0.15) is 20.1 Å². The van der Waals surface area contributed by atoms with Crippen molar-refractivity contribution in [1.29, 1.82) is 0 Å². The molecule has 0 spiro atoms. The topological polar surface area (TPSA) is 144 Å². The molecule has 3 rings (SSSR count). The molecule has 0 fully saturated rings. The van der Waals surface area contributed by atoms with Gasteiger partial charge in [0.1, 0.15) is 11.8 Å². The molecule has 1 aromatic heterocycles. The molecule has 0 radical (unpaired) electrons. The second kappa shape index (κ2) is 10.9. The molecule has 1 aromatic carbocycles. The molecule has 3 N–H and O–H groups in total. The van der Waals surface area contributed by atoms with E-state index in [4.69, 9.17) is 24.5 Å². The van der Waals surface area contributed by atoms with Gasteiger partial charge >= 0.3 is 19.2 Å². The summed E-state index contributed by atoms with van der Waals surface area (Å²) in [7, 11) is -3.92. The third-order valence-electron chi connectivity index (χ3n) is 4.42. The Balaban J connectivity index is 1.73. The van der Waals surface area contributed by atoms with Gasteiger partial charge in [-0.25, -0.2) is 18.7 Å². The van der Waals surface area contributed by atoms with Crippen molar-refractivity contribution in [3.63, 3.8) is 0 Å². The van der Waals surface area contributed by atoms with E-state index >= 15 is 0 Å². The fraction of sp³-hybridized carbons (Fsp3) is 0.350. The number of anilines is 1. The number of carbonyl (C=O) groups is 1. The van der Waals surface area contributed by atoms with Gasteiger partial charge in [-0.05, 0) is 26.0 Å². The molecule has 184 valence electrons. The summed E-state index contributed by atoms with van der Waals surface area (Å²) in [4.78, 5) is 27.2. The number of ether oxygens (including phenoxy) is 3. The summed E-state index contributed by atoms with van der Waals surface area (Å²) in [5, 5.41) is 2.56. The van der Waals surface area contributed by atoms with Crippen LogP contribution in [0.5, 0.6) is 5.75 Å². The number of nitrogens with one attached hydrogen (secondary N) is 1. The number of nitrogens with zero attached hydrogens (tertiary/aromatic N) is 2. The summed E-state index contributed by atoms with van der Waals surface area (Å²) >= 11 is 0. The molecular weight excluding hydrogens is 477 g/mol. The normalized spacial score (nSPS) is 20.3. The van der Waals surface area contributed by atoms with Crippen molar-refractivity contribution in [2.75, 3.05) is 18.7 Å². The smallest absolute Gasteiger partial charge is 0.352 e. The van der Waals surface area contributed by atoms with Gasteiger partial charge in [0.05, 0.1) is 12.8 Å². The third-order valence-corrected chi connectivity index (χ3v) is 6.19. The van der Waals surface area contributed by atoms with E-state index in [1.165, 1.54) is 6.92 Å².